The Bertz CT molecular complexity index is 483. The van der Waals surface area contributed by atoms with Gasteiger partial charge < -0.3 is 4.57 Å². The maximum absolute atomic E-state index is 12.9. The standard InChI is InChI=1S/C12H11ClFN/c1-8-3-4-9(2)15(8)12-6-5-10(14)7-11(12)13/h3-7H,1-2H3. The van der Waals surface area contributed by atoms with E-state index < -0.39 is 0 Å². The number of hydrogen-bond acceptors (Lipinski definition) is 0. The quantitative estimate of drug-likeness (QED) is 0.691. The molecule has 0 fully saturated rings. The van der Waals surface area contributed by atoms with Crippen molar-refractivity contribution in [3.63, 3.8) is 0 Å². The molecule has 0 saturated carbocycles. The second-order valence-corrected chi connectivity index (χ2v) is 3.95. The van der Waals surface area contributed by atoms with E-state index in [1.165, 1.54) is 12.1 Å². The fourth-order valence-corrected chi connectivity index (χ4v) is 1.96. The van der Waals surface area contributed by atoms with Gasteiger partial charge in [-0.15, -0.1) is 0 Å². The van der Waals surface area contributed by atoms with Gasteiger partial charge in [0.2, 0.25) is 0 Å². The third-order valence-electron chi connectivity index (χ3n) is 2.42. The lowest BCUT2D eigenvalue weighted by Crippen LogP contribution is -1.99. The molecule has 0 atom stereocenters. The molecule has 0 radical (unpaired) electrons. The minimum absolute atomic E-state index is 0.314. The number of aryl methyl sites for hydroxylation is 2. The number of halogens is 2. The van der Waals surface area contributed by atoms with Gasteiger partial charge in [-0.2, -0.15) is 0 Å². The van der Waals surface area contributed by atoms with Gasteiger partial charge in [0.25, 0.3) is 0 Å². The van der Waals surface area contributed by atoms with Gasteiger partial charge in [0.1, 0.15) is 5.82 Å². The zero-order valence-electron chi connectivity index (χ0n) is 8.59. The molecule has 1 heterocycles. The zero-order valence-corrected chi connectivity index (χ0v) is 9.35. The zero-order chi connectivity index (χ0) is 11.0. The molecule has 3 heteroatoms. The summed E-state index contributed by atoms with van der Waals surface area (Å²) < 4.78 is 14.9. The summed E-state index contributed by atoms with van der Waals surface area (Å²) in [5, 5.41) is 0.428. The Hall–Kier alpha value is -1.28. The third-order valence-corrected chi connectivity index (χ3v) is 2.72. The molecule has 1 nitrogen and oxygen atoms in total. The molecular formula is C12H11ClFN. The van der Waals surface area contributed by atoms with Crippen molar-refractivity contribution < 1.29 is 4.39 Å². The first-order chi connectivity index (χ1) is 7.09. The highest BCUT2D eigenvalue weighted by atomic mass is 35.5. The fraction of sp³-hybridized carbons (Fsp3) is 0.167. The summed E-state index contributed by atoms with van der Waals surface area (Å²) >= 11 is 6.00. The van der Waals surface area contributed by atoms with E-state index in [4.69, 9.17) is 11.6 Å². The summed E-state index contributed by atoms with van der Waals surface area (Å²) in [6.45, 7) is 3.99. The summed E-state index contributed by atoms with van der Waals surface area (Å²) in [5.74, 6) is -0.314. The summed E-state index contributed by atoms with van der Waals surface area (Å²) in [4.78, 5) is 0. The Morgan fingerprint density at radius 3 is 2.20 bits per heavy atom. The van der Waals surface area contributed by atoms with Crippen molar-refractivity contribution in [2.75, 3.05) is 0 Å². The highest BCUT2D eigenvalue weighted by Crippen LogP contribution is 2.24. The van der Waals surface area contributed by atoms with E-state index in [1.54, 1.807) is 6.07 Å². The van der Waals surface area contributed by atoms with Crippen molar-refractivity contribution >= 4 is 11.6 Å². The normalized spacial score (nSPS) is 10.7. The highest BCUT2D eigenvalue weighted by Gasteiger charge is 2.08. The molecule has 78 valence electrons. The van der Waals surface area contributed by atoms with E-state index in [0.29, 0.717) is 5.02 Å². The Morgan fingerprint density at radius 2 is 1.67 bits per heavy atom. The van der Waals surface area contributed by atoms with E-state index in [-0.39, 0.29) is 5.82 Å². The Balaban J connectivity index is 2.64. The van der Waals surface area contributed by atoms with E-state index in [9.17, 15) is 4.39 Å². The van der Waals surface area contributed by atoms with Crippen molar-refractivity contribution in [1.29, 1.82) is 0 Å². The van der Waals surface area contributed by atoms with Crippen LogP contribution < -0.4 is 0 Å². The molecule has 0 unspecified atom stereocenters. The lowest BCUT2D eigenvalue weighted by Gasteiger charge is -2.11. The van der Waals surface area contributed by atoms with Crippen LogP contribution in [0.15, 0.2) is 30.3 Å². The molecule has 0 amide bonds. The van der Waals surface area contributed by atoms with Crippen LogP contribution in [-0.2, 0) is 0 Å². The second kappa shape index (κ2) is 3.70. The van der Waals surface area contributed by atoms with Crippen LogP contribution in [0.1, 0.15) is 11.4 Å². The van der Waals surface area contributed by atoms with Gasteiger partial charge in [-0.1, -0.05) is 11.6 Å². The second-order valence-electron chi connectivity index (χ2n) is 3.55. The van der Waals surface area contributed by atoms with Gasteiger partial charge in [-0.05, 0) is 44.2 Å². The number of nitrogens with zero attached hydrogens (tertiary/aromatic N) is 1. The van der Waals surface area contributed by atoms with Crippen molar-refractivity contribution in [2.24, 2.45) is 0 Å². The summed E-state index contributed by atoms with van der Waals surface area (Å²) in [7, 11) is 0. The first-order valence-electron chi connectivity index (χ1n) is 4.70. The summed E-state index contributed by atoms with van der Waals surface area (Å²) in [5.41, 5.74) is 2.99. The van der Waals surface area contributed by atoms with Crippen LogP contribution in [0.4, 0.5) is 4.39 Å². The molecule has 0 aliphatic heterocycles. The van der Waals surface area contributed by atoms with E-state index >= 15 is 0 Å². The van der Waals surface area contributed by atoms with Crippen LogP contribution in [0.2, 0.25) is 5.02 Å². The average Bonchev–Trinajstić information content (AvgIpc) is 2.48. The molecule has 0 aliphatic rings. The number of aromatic nitrogens is 1. The van der Waals surface area contributed by atoms with Gasteiger partial charge in [-0.25, -0.2) is 4.39 Å². The van der Waals surface area contributed by atoms with Crippen molar-refractivity contribution in [2.45, 2.75) is 13.8 Å². The molecule has 0 saturated heterocycles. The largest absolute Gasteiger partial charge is 0.317 e. The molecule has 15 heavy (non-hydrogen) atoms. The SMILES string of the molecule is Cc1ccc(C)n1-c1ccc(F)cc1Cl. The molecule has 2 rings (SSSR count). The van der Waals surface area contributed by atoms with Crippen molar-refractivity contribution in [1.82, 2.24) is 4.57 Å². The fourth-order valence-electron chi connectivity index (χ4n) is 1.71. The van der Waals surface area contributed by atoms with Gasteiger partial charge >= 0.3 is 0 Å². The smallest absolute Gasteiger partial charge is 0.124 e. The minimum atomic E-state index is -0.314. The van der Waals surface area contributed by atoms with Gasteiger partial charge in [0, 0.05) is 11.4 Å². The number of benzene rings is 1. The molecule has 0 spiro atoms. The first-order valence-corrected chi connectivity index (χ1v) is 5.08. The van der Waals surface area contributed by atoms with Crippen LogP contribution in [0.5, 0.6) is 0 Å². The highest BCUT2D eigenvalue weighted by molar-refractivity contribution is 6.32. The lowest BCUT2D eigenvalue weighted by molar-refractivity contribution is 0.627. The molecule has 0 bridgehead atoms. The van der Waals surface area contributed by atoms with E-state index in [1.807, 2.05) is 30.5 Å². The molecular weight excluding hydrogens is 213 g/mol. The molecule has 0 N–H and O–H groups in total. The molecule has 0 aliphatic carbocycles. The first kappa shape index (κ1) is 10.2. The van der Waals surface area contributed by atoms with Gasteiger partial charge in [0.05, 0.1) is 10.7 Å². The third kappa shape index (κ3) is 1.77. The average molecular weight is 224 g/mol. The Labute approximate surface area is 93.1 Å². The van der Waals surface area contributed by atoms with Crippen molar-refractivity contribution in [3.05, 3.63) is 52.6 Å². The predicted molar refractivity (Wildman–Crippen MR) is 60.2 cm³/mol. The Kier molecular flexibility index (Phi) is 2.53. The molecule has 2 aromatic rings. The Morgan fingerprint density at radius 1 is 1.07 bits per heavy atom. The summed E-state index contributed by atoms with van der Waals surface area (Å²) in [6.07, 6.45) is 0. The van der Waals surface area contributed by atoms with Gasteiger partial charge in [0.15, 0.2) is 0 Å². The van der Waals surface area contributed by atoms with E-state index in [0.717, 1.165) is 17.1 Å². The van der Waals surface area contributed by atoms with Crippen LogP contribution in [-0.4, -0.2) is 4.57 Å². The van der Waals surface area contributed by atoms with Crippen LogP contribution in [0.25, 0.3) is 5.69 Å². The minimum Gasteiger partial charge on any atom is -0.317 e. The van der Waals surface area contributed by atoms with Crippen LogP contribution in [0, 0.1) is 19.7 Å². The van der Waals surface area contributed by atoms with Crippen LogP contribution >= 0.6 is 11.6 Å². The lowest BCUT2D eigenvalue weighted by atomic mass is 10.3. The summed E-state index contributed by atoms with van der Waals surface area (Å²) in [6, 6.07) is 8.46. The van der Waals surface area contributed by atoms with Gasteiger partial charge in [-0.3, -0.25) is 0 Å². The van der Waals surface area contributed by atoms with Crippen LogP contribution in [0.3, 0.4) is 0 Å². The maximum Gasteiger partial charge on any atom is 0.124 e. The number of rotatable bonds is 1. The van der Waals surface area contributed by atoms with Crippen molar-refractivity contribution in [3.8, 4) is 5.69 Å². The molecule has 1 aromatic carbocycles. The number of hydrogen-bond donors (Lipinski definition) is 0. The predicted octanol–water partition coefficient (Wildman–Crippen LogP) is 3.89. The monoisotopic (exact) mass is 223 g/mol. The maximum atomic E-state index is 12.9. The van der Waals surface area contributed by atoms with E-state index in [2.05, 4.69) is 0 Å². The molecule has 1 aromatic heterocycles. The topological polar surface area (TPSA) is 4.93 Å².